The number of benzene rings is 1. The van der Waals surface area contributed by atoms with Crippen molar-refractivity contribution >= 4 is 45.4 Å². The number of rotatable bonds is 5. The Balaban J connectivity index is 1.50. The molecule has 0 bridgehead atoms. The Hall–Kier alpha value is -2.42. The van der Waals surface area contributed by atoms with Crippen LogP contribution in [0.15, 0.2) is 22.7 Å². The number of imide groups is 1. The van der Waals surface area contributed by atoms with E-state index in [0.29, 0.717) is 23.0 Å². The lowest BCUT2D eigenvalue weighted by molar-refractivity contribution is -0.150. The van der Waals surface area contributed by atoms with E-state index >= 15 is 0 Å². The molecule has 0 aromatic heterocycles. The summed E-state index contributed by atoms with van der Waals surface area (Å²) in [5, 5.41) is 5.31. The molecule has 8 nitrogen and oxygen atoms in total. The van der Waals surface area contributed by atoms with Gasteiger partial charge in [-0.05, 0) is 53.4 Å². The Bertz CT molecular complexity index is 804. The number of esters is 1. The molecule has 0 atom stereocenters. The van der Waals surface area contributed by atoms with Crippen molar-refractivity contribution in [3.63, 3.8) is 0 Å². The third kappa shape index (κ3) is 4.13. The van der Waals surface area contributed by atoms with Gasteiger partial charge in [-0.25, -0.2) is 4.79 Å². The number of carbonyl (C=O) groups is 4. The van der Waals surface area contributed by atoms with Crippen LogP contribution in [0.25, 0.3) is 0 Å². The van der Waals surface area contributed by atoms with Gasteiger partial charge in [0.05, 0.1) is 5.69 Å². The largest absolute Gasteiger partial charge is 0.454 e. The Morgan fingerprint density at radius 2 is 2.00 bits per heavy atom. The van der Waals surface area contributed by atoms with E-state index in [0.717, 1.165) is 23.3 Å². The number of hydrogen-bond acceptors (Lipinski definition) is 5. The molecular weight excluding hydrogens is 418 g/mol. The standard InChI is InChI=1S/C18H20BrN3O5/c1-11-4-5-13(12(19)8-11)20-14(23)10-27-15(24)9-22-16(25)18(21-17(22)26)6-2-3-7-18/h4-5,8H,2-3,6-7,9-10H2,1H3,(H,20,23)(H,21,26). The fourth-order valence-electron chi connectivity index (χ4n) is 3.37. The van der Waals surface area contributed by atoms with Crippen molar-refractivity contribution < 1.29 is 23.9 Å². The van der Waals surface area contributed by atoms with Gasteiger partial charge in [-0.1, -0.05) is 18.9 Å². The quantitative estimate of drug-likeness (QED) is 0.541. The molecule has 1 aliphatic heterocycles. The maximum Gasteiger partial charge on any atom is 0.326 e. The number of amides is 4. The van der Waals surface area contributed by atoms with Crippen molar-refractivity contribution in [2.45, 2.75) is 38.1 Å². The van der Waals surface area contributed by atoms with E-state index in [1.165, 1.54) is 0 Å². The molecule has 1 aliphatic carbocycles. The van der Waals surface area contributed by atoms with Crippen LogP contribution in [0.2, 0.25) is 0 Å². The van der Waals surface area contributed by atoms with E-state index in [-0.39, 0.29) is 0 Å². The minimum absolute atomic E-state index is 0.394. The molecule has 144 valence electrons. The fraction of sp³-hybridized carbons (Fsp3) is 0.444. The smallest absolute Gasteiger partial charge is 0.326 e. The molecule has 27 heavy (non-hydrogen) atoms. The van der Waals surface area contributed by atoms with Gasteiger partial charge in [-0.15, -0.1) is 0 Å². The van der Waals surface area contributed by atoms with E-state index in [9.17, 15) is 19.2 Å². The van der Waals surface area contributed by atoms with Crippen LogP contribution in [-0.4, -0.2) is 47.4 Å². The molecule has 2 fully saturated rings. The molecule has 9 heteroatoms. The monoisotopic (exact) mass is 437 g/mol. The highest BCUT2D eigenvalue weighted by Crippen LogP contribution is 2.34. The van der Waals surface area contributed by atoms with Crippen molar-refractivity contribution in [2.24, 2.45) is 0 Å². The van der Waals surface area contributed by atoms with Crippen molar-refractivity contribution in [2.75, 3.05) is 18.5 Å². The second-order valence-corrected chi connectivity index (χ2v) is 7.66. The molecule has 3 rings (SSSR count). The number of nitrogens with zero attached hydrogens (tertiary/aromatic N) is 1. The first kappa shape index (κ1) is 19.3. The molecule has 1 aromatic rings. The summed E-state index contributed by atoms with van der Waals surface area (Å²) in [6.45, 7) is 0.908. The van der Waals surface area contributed by atoms with Crippen LogP contribution in [0.3, 0.4) is 0 Å². The average molecular weight is 438 g/mol. The average Bonchev–Trinajstić information content (AvgIpc) is 3.17. The summed E-state index contributed by atoms with van der Waals surface area (Å²) in [4.78, 5) is 49.3. The molecule has 2 aliphatic rings. The summed E-state index contributed by atoms with van der Waals surface area (Å²) in [6, 6.07) is 4.82. The zero-order valence-corrected chi connectivity index (χ0v) is 16.4. The topological polar surface area (TPSA) is 105 Å². The van der Waals surface area contributed by atoms with Gasteiger partial charge in [0.1, 0.15) is 12.1 Å². The van der Waals surface area contributed by atoms with E-state index in [4.69, 9.17) is 4.74 Å². The second kappa shape index (κ2) is 7.67. The number of nitrogens with one attached hydrogen (secondary N) is 2. The predicted molar refractivity (Wildman–Crippen MR) is 99.9 cm³/mol. The summed E-state index contributed by atoms with van der Waals surface area (Å²) < 4.78 is 5.62. The maximum absolute atomic E-state index is 12.5. The van der Waals surface area contributed by atoms with Crippen LogP contribution in [-0.2, 0) is 19.1 Å². The predicted octanol–water partition coefficient (Wildman–Crippen LogP) is 2.10. The molecule has 1 saturated heterocycles. The highest BCUT2D eigenvalue weighted by molar-refractivity contribution is 9.10. The lowest BCUT2D eigenvalue weighted by atomic mass is 9.98. The maximum atomic E-state index is 12.5. The molecule has 2 N–H and O–H groups in total. The molecule has 0 unspecified atom stereocenters. The van der Waals surface area contributed by atoms with Gasteiger partial charge in [0.2, 0.25) is 0 Å². The number of aryl methyl sites for hydroxylation is 1. The summed E-state index contributed by atoms with van der Waals surface area (Å²) in [7, 11) is 0. The van der Waals surface area contributed by atoms with Gasteiger partial charge in [0, 0.05) is 4.47 Å². The first-order valence-corrected chi connectivity index (χ1v) is 9.46. The summed E-state index contributed by atoms with van der Waals surface area (Å²) >= 11 is 3.35. The zero-order valence-electron chi connectivity index (χ0n) is 14.8. The van der Waals surface area contributed by atoms with Gasteiger partial charge in [0.15, 0.2) is 6.61 Å². The SMILES string of the molecule is Cc1ccc(NC(=O)COC(=O)CN2C(=O)NC3(CCCC3)C2=O)c(Br)c1. The Morgan fingerprint density at radius 3 is 2.67 bits per heavy atom. The van der Waals surface area contributed by atoms with Crippen LogP contribution in [0, 0.1) is 6.92 Å². The minimum Gasteiger partial charge on any atom is -0.454 e. The number of anilines is 1. The van der Waals surface area contributed by atoms with Crippen LogP contribution >= 0.6 is 15.9 Å². The number of ether oxygens (including phenoxy) is 1. The second-order valence-electron chi connectivity index (χ2n) is 6.80. The number of halogens is 1. The molecular formula is C18H20BrN3O5. The van der Waals surface area contributed by atoms with Crippen molar-refractivity contribution in [1.29, 1.82) is 0 Å². The number of carbonyl (C=O) groups excluding carboxylic acids is 4. The molecule has 4 amide bonds. The van der Waals surface area contributed by atoms with E-state index in [2.05, 4.69) is 26.6 Å². The highest BCUT2D eigenvalue weighted by atomic mass is 79.9. The fourth-order valence-corrected chi connectivity index (χ4v) is 3.96. The Morgan fingerprint density at radius 1 is 1.30 bits per heavy atom. The first-order chi connectivity index (χ1) is 12.8. The normalized spacial score (nSPS) is 17.9. The summed E-state index contributed by atoms with van der Waals surface area (Å²) in [5.74, 6) is -1.72. The molecule has 1 heterocycles. The Labute approximate surface area is 164 Å². The Kier molecular flexibility index (Phi) is 5.50. The van der Waals surface area contributed by atoms with Crippen molar-refractivity contribution in [3.8, 4) is 0 Å². The first-order valence-electron chi connectivity index (χ1n) is 8.66. The van der Waals surface area contributed by atoms with E-state index in [1.807, 2.05) is 19.1 Å². The lowest BCUT2D eigenvalue weighted by Gasteiger charge is -2.19. The highest BCUT2D eigenvalue weighted by Gasteiger charge is 2.52. The third-order valence-electron chi connectivity index (χ3n) is 4.75. The summed E-state index contributed by atoms with van der Waals surface area (Å²) in [6.07, 6.45) is 2.88. The van der Waals surface area contributed by atoms with Crippen LogP contribution < -0.4 is 10.6 Å². The number of urea groups is 1. The van der Waals surface area contributed by atoms with Crippen molar-refractivity contribution in [1.82, 2.24) is 10.2 Å². The molecule has 0 radical (unpaired) electrons. The number of hydrogen-bond donors (Lipinski definition) is 2. The van der Waals surface area contributed by atoms with E-state index < -0.39 is 42.5 Å². The molecule has 1 spiro atoms. The van der Waals surface area contributed by atoms with E-state index in [1.54, 1.807) is 6.07 Å². The third-order valence-corrected chi connectivity index (χ3v) is 5.41. The van der Waals surface area contributed by atoms with Crippen LogP contribution in [0.5, 0.6) is 0 Å². The lowest BCUT2D eigenvalue weighted by Crippen LogP contribution is -2.44. The molecule has 1 saturated carbocycles. The summed E-state index contributed by atoms with van der Waals surface area (Å²) in [5.41, 5.74) is 0.714. The van der Waals surface area contributed by atoms with Crippen LogP contribution in [0.1, 0.15) is 31.2 Å². The molecule has 1 aromatic carbocycles. The van der Waals surface area contributed by atoms with Gasteiger partial charge >= 0.3 is 12.0 Å². The van der Waals surface area contributed by atoms with Gasteiger partial charge in [-0.3, -0.25) is 19.3 Å². The minimum atomic E-state index is -0.869. The zero-order chi connectivity index (χ0) is 19.6. The van der Waals surface area contributed by atoms with Crippen LogP contribution in [0.4, 0.5) is 10.5 Å². The van der Waals surface area contributed by atoms with Gasteiger partial charge in [0.25, 0.3) is 11.8 Å². The van der Waals surface area contributed by atoms with Gasteiger partial charge in [-0.2, -0.15) is 0 Å². The van der Waals surface area contributed by atoms with Crippen molar-refractivity contribution in [3.05, 3.63) is 28.2 Å². The van der Waals surface area contributed by atoms with Gasteiger partial charge < -0.3 is 15.4 Å².